The molecule has 0 unspecified atom stereocenters. The van der Waals surface area contributed by atoms with Crippen LogP contribution in [0.2, 0.25) is 5.02 Å². The Morgan fingerprint density at radius 2 is 2.33 bits per heavy atom. The molecule has 0 aliphatic rings. The minimum atomic E-state index is -0.0104. The number of aryl methyl sites for hydroxylation is 1. The van der Waals surface area contributed by atoms with Crippen molar-refractivity contribution >= 4 is 11.6 Å². The Bertz CT molecular complexity index is 462. The average molecular weight is 224 g/mol. The zero-order chi connectivity index (χ0) is 10.8. The van der Waals surface area contributed by atoms with Crippen molar-refractivity contribution in [2.45, 2.75) is 13.5 Å². The molecule has 2 aromatic heterocycles. The SMILES string of the molecule is Cc1nn(-c2cc(CO)ccn2)cc1Cl. The molecule has 15 heavy (non-hydrogen) atoms. The van der Waals surface area contributed by atoms with Gasteiger partial charge in [-0.2, -0.15) is 5.10 Å². The lowest BCUT2D eigenvalue weighted by atomic mass is 10.3. The molecule has 0 atom stereocenters. The monoisotopic (exact) mass is 223 g/mol. The Hall–Kier alpha value is -1.39. The van der Waals surface area contributed by atoms with Gasteiger partial charge in [-0.25, -0.2) is 9.67 Å². The van der Waals surface area contributed by atoms with E-state index >= 15 is 0 Å². The van der Waals surface area contributed by atoms with E-state index in [1.165, 1.54) is 0 Å². The summed E-state index contributed by atoms with van der Waals surface area (Å²) < 4.78 is 1.59. The van der Waals surface area contributed by atoms with E-state index < -0.39 is 0 Å². The summed E-state index contributed by atoms with van der Waals surface area (Å²) in [4.78, 5) is 4.14. The molecule has 0 aliphatic heterocycles. The fourth-order valence-corrected chi connectivity index (χ4v) is 1.37. The van der Waals surface area contributed by atoms with Gasteiger partial charge in [0.1, 0.15) is 0 Å². The van der Waals surface area contributed by atoms with Crippen molar-refractivity contribution in [3.05, 3.63) is 40.8 Å². The van der Waals surface area contributed by atoms with Gasteiger partial charge >= 0.3 is 0 Å². The molecular formula is C10H10ClN3O. The van der Waals surface area contributed by atoms with E-state index in [0.717, 1.165) is 11.3 Å². The number of aliphatic hydroxyl groups excluding tert-OH is 1. The van der Waals surface area contributed by atoms with Crippen molar-refractivity contribution in [1.29, 1.82) is 0 Å². The molecule has 0 bridgehead atoms. The normalized spacial score (nSPS) is 10.6. The molecule has 2 heterocycles. The summed E-state index contributed by atoms with van der Waals surface area (Å²) in [6, 6.07) is 3.52. The lowest BCUT2D eigenvalue weighted by Gasteiger charge is -2.01. The topological polar surface area (TPSA) is 50.9 Å². The number of rotatable bonds is 2. The fraction of sp³-hybridized carbons (Fsp3) is 0.200. The minimum absolute atomic E-state index is 0.0104. The molecule has 1 N–H and O–H groups in total. The molecule has 5 heteroatoms. The third-order valence-corrected chi connectivity index (χ3v) is 2.44. The van der Waals surface area contributed by atoms with E-state index in [2.05, 4.69) is 10.1 Å². The third kappa shape index (κ3) is 2.00. The molecule has 0 fully saturated rings. The Kier molecular flexibility index (Phi) is 2.70. The van der Waals surface area contributed by atoms with Gasteiger partial charge in [0.25, 0.3) is 0 Å². The number of aromatic nitrogens is 3. The molecule has 0 aliphatic carbocycles. The fourth-order valence-electron chi connectivity index (χ4n) is 1.24. The van der Waals surface area contributed by atoms with Crippen molar-refractivity contribution in [1.82, 2.24) is 14.8 Å². The Morgan fingerprint density at radius 1 is 1.53 bits per heavy atom. The minimum Gasteiger partial charge on any atom is -0.392 e. The van der Waals surface area contributed by atoms with Gasteiger partial charge in [0.15, 0.2) is 5.82 Å². The number of nitrogens with zero attached hydrogens (tertiary/aromatic N) is 3. The summed E-state index contributed by atoms with van der Waals surface area (Å²) in [5.41, 5.74) is 1.55. The van der Waals surface area contributed by atoms with Gasteiger partial charge in [0.05, 0.1) is 23.5 Å². The molecule has 2 aromatic rings. The van der Waals surface area contributed by atoms with E-state index in [1.54, 1.807) is 29.2 Å². The Balaban J connectivity index is 2.44. The Labute approximate surface area is 92.1 Å². The average Bonchev–Trinajstić information content (AvgIpc) is 2.59. The van der Waals surface area contributed by atoms with Crippen LogP contribution in [-0.2, 0) is 6.61 Å². The van der Waals surface area contributed by atoms with Gasteiger partial charge in [-0.15, -0.1) is 0 Å². The predicted octanol–water partition coefficient (Wildman–Crippen LogP) is 1.72. The second-order valence-electron chi connectivity index (χ2n) is 3.19. The van der Waals surface area contributed by atoms with Crippen LogP contribution in [-0.4, -0.2) is 19.9 Å². The molecule has 4 nitrogen and oxygen atoms in total. The predicted molar refractivity (Wildman–Crippen MR) is 57.0 cm³/mol. The highest BCUT2D eigenvalue weighted by Crippen LogP contribution is 2.15. The van der Waals surface area contributed by atoms with E-state index in [0.29, 0.717) is 10.8 Å². The van der Waals surface area contributed by atoms with Crippen LogP contribution in [0, 0.1) is 6.92 Å². The first-order valence-corrected chi connectivity index (χ1v) is 4.86. The van der Waals surface area contributed by atoms with E-state index in [-0.39, 0.29) is 6.61 Å². The second kappa shape index (κ2) is 4.00. The van der Waals surface area contributed by atoms with E-state index in [1.807, 2.05) is 6.92 Å². The molecular weight excluding hydrogens is 214 g/mol. The number of hydrogen-bond acceptors (Lipinski definition) is 3. The van der Waals surface area contributed by atoms with Crippen molar-refractivity contribution in [2.24, 2.45) is 0 Å². The third-order valence-electron chi connectivity index (χ3n) is 2.07. The van der Waals surface area contributed by atoms with Crippen molar-refractivity contribution in [3.8, 4) is 5.82 Å². The smallest absolute Gasteiger partial charge is 0.153 e. The molecule has 78 valence electrons. The summed E-state index contributed by atoms with van der Waals surface area (Å²) in [6.07, 6.45) is 3.33. The second-order valence-corrected chi connectivity index (χ2v) is 3.59. The van der Waals surface area contributed by atoms with Crippen molar-refractivity contribution in [2.75, 3.05) is 0 Å². The van der Waals surface area contributed by atoms with Crippen LogP contribution in [0.15, 0.2) is 24.5 Å². The highest BCUT2D eigenvalue weighted by molar-refractivity contribution is 6.31. The standard InChI is InChI=1S/C10H10ClN3O/c1-7-9(11)5-14(13-7)10-4-8(6-15)2-3-12-10/h2-5,15H,6H2,1H3. The van der Waals surface area contributed by atoms with Gasteiger partial charge in [0, 0.05) is 6.20 Å². The zero-order valence-electron chi connectivity index (χ0n) is 8.18. The lowest BCUT2D eigenvalue weighted by Crippen LogP contribution is -1.99. The first-order chi connectivity index (χ1) is 7.20. The van der Waals surface area contributed by atoms with Crippen LogP contribution in [0.5, 0.6) is 0 Å². The molecule has 0 amide bonds. The number of pyridine rings is 1. The van der Waals surface area contributed by atoms with Crippen LogP contribution in [0.4, 0.5) is 0 Å². The highest BCUT2D eigenvalue weighted by Gasteiger charge is 2.05. The molecule has 0 radical (unpaired) electrons. The maximum Gasteiger partial charge on any atom is 0.153 e. The van der Waals surface area contributed by atoms with Crippen LogP contribution in [0.1, 0.15) is 11.3 Å². The highest BCUT2D eigenvalue weighted by atomic mass is 35.5. The molecule has 0 spiro atoms. The van der Waals surface area contributed by atoms with Gasteiger partial charge in [0.2, 0.25) is 0 Å². The Morgan fingerprint density at radius 3 is 2.93 bits per heavy atom. The van der Waals surface area contributed by atoms with Crippen LogP contribution in [0.25, 0.3) is 5.82 Å². The van der Waals surface area contributed by atoms with Crippen LogP contribution >= 0.6 is 11.6 Å². The van der Waals surface area contributed by atoms with Gasteiger partial charge < -0.3 is 5.11 Å². The number of aliphatic hydroxyl groups is 1. The van der Waals surface area contributed by atoms with Crippen molar-refractivity contribution < 1.29 is 5.11 Å². The first-order valence-electron chi connectivity index (χ1n) is 4.48. The number of halogens is 1. The van der Waals surface area contributed by atoms with Gasteiger partial charge in [-0.3, -0.25) is 0 Å². The van der Waals surface area contributed by atoms with Crippen molar-refractivity contribution in [3.63, 3.8) is 0 Å². The van der Waals surface area contributed by atoms with Gasteiger partial charge in [-0.1, -0.05) is 11.6 Å². The molecule has 2 rings (SSSR count). The molecule has 0 saturated carbocycles. The first kappa shape index (κ1) is 10.1. The maximum atomic E-state index is 8.99. The zero-order valence-corrected chi connectivity index (χ0v) is 8.94. The van der Waals surface area contributed by atoms with Crippen LogP contribution < -0.4 is 0 Å². The van der Waals surface area contributed by atoms with E-state index in [4.69, 9.17) is 16.7 Å². The summed E-state index contributed by atoms with van der Waals surface area (Å²) in [6.45, 7) is 1.82. The summed E-state index contributed by atoms with van der Waals surface area (Å²) >= 11 is 5.89. The summed E-state index contributed by atoms with van der Waals surface area (Å²) in [5.74, 6) is 0.650. The van der Waals surface area contributed by atoms with Crippen LogP contribution in [0.3, 0.4) is 0 Å². The lowest BCUT2D eigenvalue weighted by molar-refractivity contribution is 0.281. The maximum absolute atomic E-state index is 8.99. The summed E-state index contributed by atoms with van der Waals surface area (Å²) in [5, 5.41) is 13.8. The molecule has 0 saturated heterocycles. The summed E-state index contributed by atoms with van der Waals surface area (Å²) in [7, 11) is 0. The largest absolute Gasteiger partial charge is 0.392 e. The van der Waals surface area contributed by atoms with E-state index in [9.17, 15) is 0 Å². The number of hydrogen-bond donors (Lipinski definition) is 1. The van der Waals surface area contributed by atoms with Gasteiger partial charge in [-0.05, 0) is 24.6 Å². The molecule has 0 aromatic carbocycles. The quantitative estimate of drug-likeness (QED) is 0.844.